The molecular weight excluding hydrogens is 489 g/mol. The van der Waals surface area contributed by atoms with Crippen molar-refractivity contribution < 1.29 is 9.50 Å². The summed E-state index contributed by atoms with van der Waals surface area (Å²) in [5.41, 5.74) is 6.38. The maximum atomic E-state index is 13.7. The number of hydrogen-bond donors (Lipinski definition) is 4. The molecule has 1 atom stereocenters. The summed E-state index contributed by atoms with van der Waals surface area (Å²) in [5.74, 6) is 0.965. The number of aromatic nitrogens is 6. The summed E-state index contributed by atoms with van der Waals surface area (Å²) >= 11 is 1.06. The molecular formula is C27H24FN7OS. The van der Waals surface area contributed by atoms with Crippen LogP contribution in [0.25, 0.3) is 55.0 Å². The van der Waals surface area contributed by atoms with E-state index in [-0.39, 0.29) is 5.13 Å². The first-order valence-electron chi connectivity index (χ1n) is 11.9. The van der Waals surface area contributed by atoms with Gasteiger partial charge in [-0.05, 0) is 48.2 Å². The molecule has 1 unspecified atom stereocenters. The Morgan fingerprint density at radius 1 is 1.00 bits per heavy atom. The van der Waals surface area contributed by atoms with Crippen LogP contribution in [0.2, 0.25) is 0 Å². The van der Waals surface area contributed by atoms with Crippen molar-refractivity contribution in [1.82, 2.24) is 30.1 Å². The third kappa shape index (κ3) is 4.56. The largest absolute Gasteiger partial charge is 0.374 e. The average Bonchev–Trinajstić information content (AvgIpc) is 3.60. The topological polar surface area (TPSA) is 115 Å². The second kappa shape index (κ2) is 9.38. The summed E-state index contributed by atoms with van der Waals surface area (Å²) in [4.78, 5) is 17.6. The summed E-state index contributed by atoms with van der Waals surface area (Å²) in [6, 6.07) is 11.2. The van der Waals surface area contributed by atoms with E-state index < -0.39 is 6.23 Å². The molecule has 0 bridgehead atoms. The van der Waals surface area contributed by atoms with Crippen molar-refractivity contribution in [2.45, 2.75) is 26.5 Å². The molecule has 8 nitrogen and oxygen atoms in total. The van der Waals surface area contributed by atoms with E-state index in [0.717, 1.165) is 55.0 Å². The number of H-pyrrole nitrogens is 2. The maximum absolute atomic E-state index is 13.7. The van der Waals surface area contributed by atoms with Gasteiger partial charge in [0.05, 0.1) is 29.1 Å². The smallest absolute Gasteiger partial charge is 0.176 e. The highest BCUT2D eigenvalue weighted by Crippen LogP contribution is 2.35. The Kier molecular flexibility index (Phi) is 5.90. The Morgan fingerprint density at radius 2 is 1.86 bits per heavy atom. The highest BCUT2D eigenvalue weighted by atomic mass is 32.1. The van der Waals surface area contributed by atoms with Crippen LogP contribution >= 0.6 is 11.3 Å². The van der Waals surface area contributed by atoms with E-state index in [0.29, 0.717) is 29.4 Å². The highest BCUT2D eigenvalue weighted by molar-refractivity contribution is 7.14. The SMILES string of the molecule is CC(C)CC(O)Nc1cncc(-c2ccc3[nH]nc(-c4nc5c(-c6ccc(F)s6)cncc5[nH]4)c3c2)c1. The standard InChI is InChI=1S/C27H24FN7OS/c1-14(2)7-24(36)31-17-8-16(10-29-11-17)15-3-4-20-18(9-15)26(35-34-20)27-32-21-13-30-12-19(25(21)33-27)22-5-6-23(28)37-22/h3-6,8-14,24,31,36H,7H2,1-2H3,(H,32,33)(H,34,35). The van der Waals surface area contributed by atoms with Crippen molar-refractivity contribution in [2.24, 2.45) is 5.92 Å². The number of nitrogens with one attached hydrogen (secondary N) is 3. The minimum Gasteiger partial charge on any atom is -0.374 e. The zero-order valence-corrected chi connectivity index (χ0v) is 21.0. The molecule has 0 radical (unpaired) electrons. The second-order valence-corrected chi connectivity index (χ2v) is 10.4. The Labute approximate surface area is 215 Å². The molecule has 0 aliphatic carbocycles. The lowest BCUT2D eigenvalue weighted by molar-refractivity contribution is 0.176. The van der Waals surface area contributed by atoms with E-state index in [9.17, 15) is 9.50 Å². The predicted molar refractivity (Wildman–Crippen MR) is 145 cm³/mol. The summed E-state index contributed by atoms with van der Waals surface area (Å²) in [5, 5.41) is 21.7. The molecule has 37 heavy (non-hydrogen) atoms. The van der Waals surface area contributed by atoms with Crippen molar-refractivity contribution in [3.8, 4) is 33.1 Å². The third-order valence-corrected chi connectivity index (χ3v) is 7.03. The number of aromatic amines is 2. The molecule has 6 aromatic rings. The first kappa shape index (κ1) is 23.3. The van der Waals surface area contributed by atoms with Gasteiger partial charge in [-0.25, -0.2) is 4.98 Å². The summed E-state index contributed by atoms with van der Waals surface area (Å²) in [6.07, 6.45) is 6.90. The molecule has 0 aliphatic rings. The van der Waals surface area contributed by atoms with Gasteiger partial charge >= 0.3 is 0 Å². The molecule has 0 saturated heterocycles. The molecule has 5 aromatic heterocycles. The Morgan fingerprint density at radius 3 is 2.68 bits per heavy atom. The normalized spacial score (nSPS) is 12.6. The second-order valence-electron chi connectivity index (χ2n) is 9.36. The fraction of sp³-hybridized carbons (Fsp3) is 0.185. The fourth-order valence-corrected chi connectivity index (χ4v) is 5.17. The van der Waals surface area contributed by atoms with Gasteiger partial charge in [-0.15, -0.1) is 11.3 Å². The average molecular weight is 514 g/mol. The first-order valence-corrected chi connectivity index (χ1v) is 12.7. The lowest BCUT2D eigenvalue weighted by Crippen LogP contribution is -2.20. The number of pyridine rings is 2. The number of benzene rings is 1. The van der Waals surface area contributed by atoms with Crippen LogP contribution in [-0.4, -0.2) is 41.5 Å². The monoisotopic (exact) mass is 513 g/mol. The summed E-state index contributed by atoms with van der Waals surface area (Å²) < 4.78 is 13.7. The Hall–Kier alpha value is -4.15. The van der Waals surface area contributed by atoms with Crippen LogP contribution in [0.4, 0.5) is 10.1 Å². The van der Waals surface area contributed by atoms with Gasteiger partial charge in [-0.3, -0.25) is 15.1 Å². The van der Waals surface area contributed by atoms with E-state index in [1.54, 1.807) is 30.9 Å². The maximum Gasteiger partial charge on any atom is 0.176 e. The molecule has 1 aromatic carbocycles. The molecule has 4 N–H and O–H groups in total. The van der Waals surface area contributed by atoms with E-state index in [2.05, 4.69) is 44.3 Å². The van der Waals surface area contributed by atoms with Crippen molar-refractivity contribution in [1.29, 1.82) is 0 Å². The zero-order chi connectivity index (χ0) is 25.5. The third-order valence-electron chi connectivity index (χ3n) is 6.12. The number of aliphatic hydroxyl groups is 1. The van der Waals surface area contributed by atoms with Crippen LogP contribution in [0.5, 0.6) is 0 Å². The summed E-state index contributed by atoms with van der Waals surface area (Å²) in [6.45, 7) is 4.14. The fourth-order valence-electron chi connectivity index (χ4n) is 4.43. The number of thiophene rings is 1. The van der Waals surface area contributed by atoms with Gasteiger partial charge in [0.2, 0.25) is 0 Å². The van der Waals surface area contributed by atoms with E-state index in [4.69, 9.17) is 4.98 Å². The van der Waals surface area contributed by atoms with Crippen molar-refractivity contribution in [3.05, 3.63) is 66.3 Å². The number of rotatable bonds is 7. The molecule has 10 heteroatoms. The van der Waals surface area contributed by atoms with Gasteiger partial charge in [0.1, 0.15) is 17.4 Å². The summed E-state index contributed by atoms with van der Waals surface area (Å²) in [7, 11) is 0. The van der Waals surface area contributed by atoms with Gasteiger partial charge in [-0.2, -0.15) is 9.49 Å². The lowest BCUT2D eigenvalue weighted by atomic mass is 10.0. The number of imidazole rings is 1. The van der Waals surface area contributed by atoms with Crippen LogP contribution in [0.3, 0.4) is 0 Å². The molecule has 0 amide bonds. The Bertz CT molecular complexity index is 1720. The number of halogens is 1. The Balaban J connectivity index is 1.37. The molecule has 0 fully saturated rings. The highest BCUT2D eigenvalue weighted by Gasteiger charge is 2.17. The minimum atomic E-state index is -0.641. The quantitative estimate of drug-likeness (QED) is 0.189. The van der Waals surface area contributed by atoms with Crippen LogP contribution < -0.4 is 5.32 Å². The number of aliphatic hydroxyl groups excluding tert-OH is 1. The van der Waals surface area contributed by atoms with Crippen molar-refractivity contribution >= 4 is 39.0 Å². The van der Waals surface area contributed by atoms with Gasteiger partial charge in [0.25, 0.3) is 0 Å². The molecule has 6 rings (SSSR count). The van der Waals surface area contributed by atoms with Crippen molar-refractivity contribution in [3.63, 3.8) is 0 Å². The van der Waals surface area contributed by atoms with Crippen LogP contribution in [0, 0.1) is 11.0 Å². The van der Waals surface area contributed by atoms with Gasteiger partial charge < -0.3 is 15.4 Å². The zero-order valence-electron chi connectivity index (χ0n) is 20.2. The van der Waals surface area contributed by atoms with Gasteiger partial charge in [0.15, 0.2) is 11.0 Å². The number of hydrogen-bond acceptors (Lipinski definition) is 7. The predicted octanol–water partition coefficient (Wildman–Crippen LogP) is 6.21. The molecule has 0 saturated carbocycles. The molecule has 186 valence electrons. The van der Waals surface area contributed by atoms with Crippen LogP contribution in [0.15, 0.2) is 61.2 Å². The van der Waals surface area contributed by atoms with E-state index in [1.165, 1.54) is 6.07 Å². The lowest BCUT2D eigenvalue weighted by Gasteiger charge is -2.16. The first-order chi connectivity index (χ1) is 17.9. The van der Waals surface area contributed by atoms with Crippen molar-refractivity contribution in [2.75, 3.05) is 5.32 Å². The van der Waals surface area contributed by atoms with Crippen LogP contribution in [0.1, 0.15) is 20.3 Å². The van der Waals surface area contributed by atoms with E-state index in [1.807, 2.05) is 24.3 Å². The minimum absolute atomic E-state index is 0.253. The van der Waals surface area contributed by atoms with Gasteiger partial charge in [0, 0.05) is 33.8 Å². The molecule has 0 spiro atoms. The van der Waals surface area contributed by atoms with E-state index >= 15 is 0 Å². The number of nitrogens with zero attached hydrogens (tertiary/aromatic N) is 4. The van der Waals surface area contributed by atoms with Gasteiger partial charge in [-0.1, -0.05) is 19.9 Å². The van der Waals surface area contributed by atoms with Crippen LogP contribution in [-0.2, 0) is 0 Å². The molecule has 5 heterocycles. The molecule has 0 aliphatic heterocycles. The number of fused-ring (bicyclic) bond motifs is 2. The number of anilines is 1.